The molecule has 1 N–H and O–H groups in total. The summed E-state index contributed by atoms with van der Waals surface area (Å²) in [5, 5.41) is 8.59. The molecule has 11 heteroatoms. The van der Waals surface area contributed by atoms with Crippen LogP contribution in [0.25, 0.3) is 0 Å². The number of ether oxygens (including phenoxy) is 2. The van der Waals surface area contributed by atoms with E-state index in [9.17, 15) is 35.1 Å². The van der Waals surface area contributed by atoms with E-state index >= 15 is 0 Å². The second-order valence-electron chi connectivity index (χ2n) is 3.23. The molecule has 20 heavy (non-hydrogen) atoms. The fourth-order valence-electron chi connectivity index (χ4n) is 1.18. The highest BCUT2D eigenvalue weighted by Gasteiger charge is 2.37. The average Bonchev–Trinajstić information content (AvgIpc) is 2.22. The number of halogens is 8. The number of rotatable bonds is 3. The van der Waals surface area contributed by atoms with Crippen molar-refractivity contribution < 1.29 is 49.7 Å². The summed E-state index contributed by atoms with van der Waals surface area (Å²) < 4.78 is 104. The van der Waals surface area contributed by atoms with Gasteiger partial charge in [-0.15, -0.1) is 26.3 Å². The third-order valence-corrected chi connectivity index (χ3v) is 1.83. The van der Waals surface area contributed by atoms with Crippen LogP contribution in [0.15, 0.2) is 6.07 Å². The first-order chi connectivity index (χ1) is 8.94. The van der Waals surface area contributed by atoms with Gasteiger partial charge in [-0.25, -0.2) is 8.78 Å². The van der Waals surface area contributed by atoms with Gasteiger partial charge in [0.1, 0.15) is 0 Å². The van der Waals surface area contributed by atoms with Gasteiger partial charge in [-0.2, -0.15) is 0 Å². The topological polar surface area (TPSA) is 38.7 Å². The van der Waals surface area contributed by atoms with Gasteiger partial charge in [0, 0.05) is 6.07 Å². The second-order valence-corrected chi connectivity index (χ2v) is 3.23. The number of benzene rings is 1. The predicted molar refractivity (Wildman–Crippen MR) is 45.6 cm³/mol. The van der Waals surface area contributed by atoms with Crippen LogP contribution in [0.2, 0.25) is 0 Å². The summed E-state index contributed by atoms with van der Waals surface area (Å²) in [4.78, 5) is 0. The molecule has 0 radical (unpaired) electrons. The average molecular weight is 312 g/mol. The molecular formula is C9H4F8O3. The maximum absolute atomic E-state index is 13.3. The van der Waals surface area contributed by atoms with Crippen LogP contribution in [0.4, 0.5) is 35.1 Å². The smallest absolute Gasteiger partial charge is 0.402 e. The van der Waals surface area contributed by atoms with Crippen molar-refractivity contribution in [2.45, 2.75) is 19.3 Å². The van der Waals surface area contributed by atoms with Crippen LogP contribution >= 0.6 is 0 Å². The Balaban J connectivity index is 3.35. The number of aliphatic hydroxyl groups is 1. The van der Waals surface area contributed by atoms with Crippen molar-refractivity contribution in [2.75, 3.05) is 0 Å². The van der Waals surface area contributed by atoms with E-state index in [1.807, 2.05) is 0 Å². The number of aliphatic hydroxyl groups excluding tert-OH is 1. The molecule has 0 amide bonds. The number of hydrogen-bond donors (Lipinski definition) is 1. The lowest BCUT2D eigenvalue weighted by atomic mass is 10.2. The van der Waals surface area contributed by atoms with Gasteiger partial charge in [0.15, 0.2) is 23.1 Å². The minimum atomic E-state index is -5.43. The monoisotopic (exact) mass is 312 g/mol. The Morgan fingerprint density at radius 2 is 1.20 bits per heavy atom. The number of hydrogen-bond acceptors (Lipinski definition) is 3. The van der Waals surface area contributed by atoms with Crippen molar-refractivity contribution >= 4 is 0 Å². The van der Waals surface area contributed by atoms with E-state index in [0.29, 0.717) is 0 Å². The Labute approximate surface area is 105 Å². The molecule has 1 aromatic rings. The lowest BCUT2D eigenvalue weighted by Gasteiger charge is -2.16. The summed E-state index contributed by atoms with van der Waals surface area (Å²) in [5.74, 6) is -7.50. The maximum atomic E-state index is 13.3. The predicted octanol–water partition coefficient (Wildman–Crippen LogP) is 3.25. The summed E-state index contributed by atoms with van der Waals surface area (Å²) >= 11 is 0. The Morgan fingerprint density at radius 3 is 1.45 bits per heavy atom. The Kier molecular flexibility index (Phi) is 4.32. The van der Waals surface area contributed by atoms with E-state index < -0.39 is 48.0 Å². The van der Waals surface area contributed by atoms with Crippen molar-refractivity contribution in [3.05, 3.63) is 23.3 Å². The van der Waals surface area contributed by atoms with Gasteiger partial charge in [0.2, 0.25) is 0 Å². The van der Waals surface area contributed by atoms with Crippen LogP contribution in [-0.2, 0) is 6.61 Å². The molecule has 0 spiro atoms. The first kappa shape index (κ1) is 16.3. The van der Waals surface area contributed by atoms with E-state index in [1.165, 1.54) is 0 Å². The molecule has 114 valence electrons. The summed E-state index contributed by atoms with van der Waals surface area (Å²) in [5.41, 5.74) is -1.45. The standard InChI is InChI=1S/C9H4F8O3/c10-6-3(2-18)7(11)5(20-9(15,16)17)1-4(6)19-8(12,13)14/h1,18H,2H2. The molecule has 0 aromatic heterocycles. The molecule has 3 nitrogen and oxygen atoms in total. The van der Waals surface area contributed by atoms with E-state index in [1.54, 1.807) is 0 Å². The molecule has 0 heterocycles. The van der Waals surface area contributed by atoms with Crippen molar-refractivity contribution in [3.8, 4) is 11.5 Å². The largest absolute Gasteiger partial charge is 0.573 e. The Hall–Kier alpha value is -1.78. The first-order valence-corrected chi connectivity index (χ1v) is 4.58. The third kappa shape index (κ3) is 4.11. The molecule has 0 unspecified atom stereocenters. The molecule has 0 fully saturated rings. The van der Waals surface area contributed by atoms with Crippen LogP contribution < -0.4 is 9.47 Å². The van der Waals surface area contributed by atoms with Crippen LogP contribution in [-0.4, -0.2) is 17.8 Å². The van der Waals surface area contributed by atoms with Crippen LogP contribution in [0, 0.1) is 11.6 Å². The van der Waals surface area contributed by atoms with Crippen LogP contribution in [0.1, 0.15) is 5.56 Å². The SMILES string of the molecule is OCc1c(F)c(OC(F)(F)F)cc(OC(F)(F)F)c1F. The molecule has 0 aliphatic carbocycles. The van der Waals surface area contributed by atoms with Crippen molar-refractivity contribution in [2.24, 2.45) is 0 Å². The zero-order valence-corrected chi connectivity index (χ0v) is 9.07. The molecule has 0 aliphatic heterocycles. The highest BCUT2D eigenvalue weighted by molar-refractivity contribution is 5.41. The Morgan fingerprint density at radius 1 is 0.850 bits per heavy atom. The second kappa shape index (κ2) is 5.31. The first-order valence-electron chi connectivity index (χ1n) is 4.58. The van der Waals surface area contributed by atoms with Gasteiger partial charge in [0.25, 0.3) is 0 Å². The summed E-state index contributed by atoms with van der Waals surface area (Å²) in [6, 6.07) is -0.259. The fourth-order valence-corrected chi connectivity index (χ4v) is 1.18. The van der Waals surface area contributed by atoms with Gasteiger partial charge in [0.05, 0.1) is 12.2 Å². The highest BCUT2D eigenvalue weighted by atomic mass is 19.4. The van der Waals surface area contributed by atoms with Crippen LogP contribution in [0.3, 0.4) is 0 Å². The van der Waals surface area contributed by atoms with Gasteiger partial charge in [-0.3, -0.25) is 0 Å². The molecule has 0 saturated carbocycles. The molecule has 1 rings (SSSR count). The van der Waals surface area contributed by atoms with Crippen molar-refractivity contribution in [1.29, 1.82) is 0 Å². The van der Waals surface area contributed by atoms with Gasteiger partial charge in [-0.05, 0) is 0 Å². The van der Waals surface area contributed by atoms with Gasteiger partial charge in [-0.1, -0.05) is 0 Å². The molecule has 0 bridgehead atoms. The zero-order valence-electron chi connectivity index (χ0n) is 9.07. The van der Waals surface area contributed by atoms with E-state index in [0.717, 1.165) is 0 Å². The third-order valence-electron chi connectivity index (χ3n) is 1.83. The fraction of sp³-hybridized carbons (Fsp3) is 0.333. The minimum Gasteiger partial charge on any atom is -0.402 e. The molecule has 0 atom stereocenters. The van der Waals surface area contributed by atoms with E-state index in [-0.39, 0.29) is 6.07 Å². The van der Waals surface area contributed by atoms with E-state index in [2.05, 4.69) is 9.47 Å². The molecule has 0 saturated heterocycles. The van der Waals surface area contributed by atoms with E-state index in [4.69, 9.17) is 5.11 Å². The molecule has 1 aromatic carbocycles. The highest BCUT2D eigenvalue weighted by Crippen LogP contribution is 2.36. The van der Waals surface area contributed by atoms with Crippen LogP contribution in [0.5, 0.6) is 11.5 Å². The normalized spacial score (nSPS) is 12.4. The van der Waals surface area contributed by atoms with Gasteiger partial charge >= 0.3 is 12.7 Å². The van der Waals surface area contributed by atoms with Gasteiger partial charge < -0.3 is 14.6 Å². The summed E-state index contributed by atoms with van der Waals surface area (Å²) in [6.45, 7) is -1.50. The zero-order chi connectivity index (χ0) is 15.7. The quantitative estimate of drug-likeness (QED) is 0.871. The molecule has 0 aliphatic rings. The maximum Gasteiger partial charge on any atom is 0.573 e. The van der Waals surface area contributed by atoms with Crippen molar-refractivity contribution in [1.82, 2.24) is 0 Å². The molecular weight excluding hydrogens is 308 g/mol. The number of alkyl halides is 6. The Bertz CT molecular complexity index is 453. The summed E-state index contributed by atoms with van der Waals surface area (Å²) in [7, 11) is 0. The lowest BCUT2D eigenvalue weighted by Crippen LogP contribution is -2.21. The minimum absolute atomic E-state index is 0.259. The van der Waals surface area contributed by atoms with Crippen molar-refractivity contribution in [3.63, 3.8) is 0 Å². The summed E-state index contributed by atoms with van der Waals surface area (Å²) in [6.07, 6.45) is -10.9. The lowest BCUT2D eigenvalue weighted by molar-refractivity contribution is -0.277.